The van der Waals surface area contributed by atoms with E-state index in [1.54, 1.807) is 12.1 Å². The van der Waals surface area contributed by atoms with Gasteiger partial charge in [0.25, 0.3) is 5.91 Å². The van der Waals surface area contributed by atoms with Crippen LogP contribution in [0.2, 0.25) is 0 Å². The van der Waals surface area contributed by atoms with Crippen molar-refractivity contribution in [3.8, 4) is 0 Å². The van der Waals surface area contributed by atoms with Gasteiger partial charge in [-0.1, -0.05) is 25.1 Å². The molecule has 1 fully saturated rings. The summed E-state index contributed by atoms with van der Waals surface area (Å²) in [6, 6.07) is 5.81. The number of aryl methyl sites for hydroxylation is 1. The van der Waals surface area contributed by atoms with Crippen molar-refractivity contribution in [1.82, 2.24) is 5.32 Å². The molecule has 0 aliphatic carbocycles. The number of carbonyl (C=O) groups is 1. The SMILES string of the molecule is CCc1ccccc1C(=O)NC1C(O)OC(CO)C(O)C1O. The quantitative estimate of drug-likeness (QED) is 0.475. The van der Waals surface area contributed by atoms with Crippen molar-refractivity contribution in [2.24, 2.45) is 0 Å². The van der Waals surface area contributed by atoms with Crippen molar-refractivity contribution >= 4 is 5.91 Å². The Morgan fingerprint density at radius 2 is 1.91 bits per heavy atom. The van der Waals surface area contributed by atoms with Gasteiger partial charge in [-0.15, -0.1) is 0 Å². The minimum atomic E-state index is -1.52. The summed E-state index contributed by atoms with van der Waals surface area (Å²) in [5, 5.41) is 41.2. The predicted octanol–water partition coefficient (Wildman–Crippen LogP) is -1.22. The number of aliphatic hydroxyl groups is 4. The van der Waals surface area contributed by atoms with Crippen molar-refractivity contribution in [2.75, 3.05) is 6.61 Å². The molecule has 7 nitrogen and oxygen atoms in total. The highest BCUT2D eigenvalue weighted by molar-refractivity contribution is 5.95. The highest BCUT2D eigenvalue weighted by Crippen LogP contribution is 2.20. The zero-order valence-corrected chi connectivity index (χ0v) is 12.2. The molecule has 2 rings (SSSR count). The van der Waals surface area contributed by atoms with Crippen LogP contribution in [-0.4, -0.2) is 63.6 Å². The van der Waals surface area contributed by atoms with Gasteiger partial charge in [0.1, 0.15) is 24.4 Å². The van der Waals surface area contributed by atoms with Gasteiger partial charge in [-0.05, 0) is 18.1 Å². The fourth-order valence-electron chi connectivity index (χ4n) is 2.53. The molecule has 0 spiro atoms. The number of nitrogens with one attached hydrogen (secondary N) is 1. The van der Waals surface area contributed by atoms with E-state index >= 15 is 0 Å². The lowest BCUT2D eigenvalue weighted by molar-refractivity contribution is -0.252. The third-order valence-electron chi connectivity index (χ3n) is 3.84. The molecule has 1 aliphatic rings. The Balaban J connectivity index is 2.14. The smallest absolute Gasteiger partial charge is 0.252 e. The van der Waals surface area contributed by atoms with Gasteiger partial charge in [0.2, 0.25) is 0 Å². The van der Waals surface area contributed by atoms with Crippen LogP contribution >= 0.6 is 0 Å². The Morgan fingerprint density at radius 3 is 2.55 bits per heavy atom. The predicted molar refractivity (Wildman–Crippen MR) is 77.1 cm³/mol. The van der Waals surface area contributed by atoms with Gasteiger partial charge in [0.15, 0.2) is 6.29 Å². The van der Waals surface area contributed by atoms with Crippen LogP contribution < -0.4 is 5.32 Å². The van der Waals surface area contributed by atoms with Crippen LogP contribution in [0.5, 0.6) is 0 Å². The second kappa shape index (κ2) is 7.17. The first kappa shape index (κ1) is 16.9. The van der Waals surface area contributed by atoms with E-state index in [1.165, 1.54) is 0 Å². The summed E-state index contributed by atoms with van der Waals surface area (Å²) in [6.45, 7) is 1.36. The van der Waals surface area contributed by atoms with Crippen molar-refractivity contribution in [1.29, 1.82) is 0 Å². The monoisotopic (exact) mass is 311 g/mol. The second-order valence-electron chi connectivity index (χ2n) is 5.24. The molecule has 5 unspecified atom stereocenters. The van der Waals surface area contributed by atoms with Gasteiger partial charge in [0, 0.05) is 5.56 Å². The van der Waals surface area contributed by atoms with Gasteiger partial charge < -0.3 is 30.5 Å². The van der Waals surface area contributed by atoms with Crippen LogP contribution in [0.25, 0.3) is 0 Å². The maximum atomic E-state index is 12.3. The normalized spacial score (nSPS) is 31.8. The van der Waals surface area contributed by atoms with E-state index in [9.17, 15) is 20.1 Å². The number of hydrogen-bond acceptors (Lipinski definition) is 6. The number of carbonyl (C=O) groups excluding carboxylic acids is 1. The zero-order valence-electron chi connectivity index (χ0n) is 12.2. The van der Waals surface area contributed by atoms with Gasteiger partial charge in [-0.2, -0.15) is 0 Å². The molecule has 5 N–H and O–H groups in total. The summed E-state index contributed by atoms with van der Waals surface area (Å²) in [5.74, 6) is -0.473. The maximum absolute atomic E-state index is 12.3. The van der Waals surface area contributed by atoms with E-state index in [-0.39, 0.29) is 0 Å². The number of benzene rings is 1. The average molecular weight is 311 g/mol. The number of hydrogen-bond donors (Lipinski definition) is 5. The van der Waals surface area contributed by atoms with Gasteiger partial charge in [-0.25, -0.2) is 0 Å². The first-order valence-corrected chi connectivity index (χ1v) is 7.18. The summed E-state index contributed by atoms with van der Waals surface area (Å²) in [7, 11) is 0. The summed E-state index contributed by atoms with van der Waals surface area (Å²) < 4.78 is 5.00. The molecule has 0 bridgehead atoms. The third-order valence-corrected chi connectivity index (χ3v) is 3.84. The van der Waals surface area contributed by atoms with Crippen LogP contribution in [0, 0.1) is 0 Å². The lowest BCUT2D eigenvalue weighted by Crippen LogP contribution is -2.64. The van der Waals surface area contributed by atoms with Gasteiger partial charge in [-0.3, -0.25) is 4.79 Å². The molecule has 0 radical (unpaired) electrons. The summed E-state index contributed by atoms with van der Waals surface area (Å²) in [6.07, 6.45) is -4.81. The van der Waals surface area contributed by atoms with E-state index in [0.717, 1.165) is 5.56 Å². The summed E-state index contributed by atoms with van der Waals surface area (Å²) in [5.41, 5.74) is 1.26. The van der Waals surface area contributed by atoms with Gasteiger partial charge >= 0.3 is 0 Å². The summed E-state index contributed by atoms with van der Waals surface area (Å²) in [4.78, 5) is 12.3. The highest BCUT2D eigenvalue weighted by atomic mass is 16.6. The van der Waals surface area contributed by atoms with E-state index in [0.29, 0.717) is 12.0 Å². The van der Waals surface area contributed by atoms with Crippen LogP contribution in [-0.2, 0) is 11.2 Å². The van der Waals surface area contributed by atoms with Crippen molar-refractivity contribution in [2.45, 2.75) is 44.0 Å². The minimum Gasteiger partial charge on any atom is -0.394 e. The highest BCUT2D eigenvalue weighted by Gasteiger charge is 2.44. The van der Waals surface area contributed by atoms with Crippen LogP contribution in [0.4, 0.5) is 0 Å². The maximum Gasteiger partial charge on any atom is 0.252 e. The van der Waals surface area contributed by atoms with Crippen molar-refractivity contribution in [3.05, 3.63) is 35.4 Å². The standard InChI is InChI=1S/C15H21NO6/c1-2-8-5-3-4-6-9(8)14(20)16-11-13(19)12(18)10(7-17)22-15(11)21/h3-6,10-13,15,17-19,21H,2,7H2,1H3,(H,16,20). The molecule has 1 saturated heterocycles. The lowest BCUT2D eigenvalue weighted by atomic mass is 9.96. The fourth-order valence-corrected chi connectivity index (χ4v) is 2.53. The molecule has 122 valence electrons. The topological polar surface area (TPSA) is 119 Å². The number of ether oxygens (including phenoxy) is 1. The first-order chi connectivity index (χ1) is 10.5. The molecule has 1 heterocycles. The largest absolute Gasteiger partial charge is 0.394 e. The molecule has 22 heavy (non-hydrogen) atoms. The number of rotatable bonds is 4. The molecule has 0 saturated carbocycles. The zero-order chi connectivity index (χ0) is 16.3. The lowest BCUT2D eigenvalue weighted by Gasteiger charge is -2.40. The van der Waals surface area contributed by atoms with Crippen LogP contribution in [0.15, 0.2) is 24.3 Å². The Hall–Kier alpha value is -1.51. The van der Waals surface area contributed by atoms with Crippen molar-refractivity contribution < 1.29 is 30.0 Å². The minimum absolute atomic E-state index is 0.433. The molecule has 0 aromatic heterocycles. The van der Waals surface area contributed by atoms with Crippen molar-refractivity contribution in [3.63, 3.8) is 0 Å². The van der Waals surface area contributed by atoms with E-state index in [1.807, 2.05) is 19.1 Å². The Bertz CT molecular complexity index is 523. The average Bonchev–Trinajstić information content (AvgIpc) is 2.54. The third kappa shape index (κ3) is 3.29. The molecule has 7 heteroatoms. The Morgan fingerprint density at radius 1 is 1.23 bits per heavy atom. The molecule has 1 amide bonds. The molecule has 1 aliphatic heterocycles. The van der Waals surface area contributed by atoms with Gasteiger partial charge in [0.05, 0.1) is 6.61 Å². The van der Waals surface area contributed by atoms with Crippen LogP contribution in [0.1, 0.15) is 22.8 Å². The molecular formula is C15H21NO6. The van der Waals surface area contributed by atoms with Crippen LogP contribution in [0.3, 0.4) is 0 Å². The van der Waals surface area contributed by atoms with E-state index in [2.05, 4.69) is 5.32 Å². The molecule has 1 aromatic rings. The fraction of sp³-hybridized carbons (Fsp3) is 0.533. The summed E-state index contributed by atoms with van der Waals surface area (Å²) >= 11 is 0. The number of amides is 1. The first-order valence-electron chi connectivity index (χ1n) is 7.18. The van der Waals surface area contributed by atoms with E-state index in [4.69, 9.17) is 9.84 Å². The number of aliphatic hydroxyl groups excluding tert-OH is 4. The second-order valence-corrected chi connectivity index (χ2v) is 5.24. The molecular weight excluding hydrogens is 290 g/mol. The molecule has 1 aromatic carbocycles. The Kier molecular flexibility index (Phi) is 5.49. The Labute approximate surface area is 128 Å². The van der Waals surface area contributed by atoms with E-state index < -0.39 is 43.2 Å². The molecule has 5 atom stereocenters.